The second-order valence-corrected chi connectivity index (χ2v) is 9.28. The molecule has 8 nitrogen and oxygen atoms in total. The number of nitrogens with zero attached hydrogens (tertiary/aromatic N) is 5. The summed E-state index contributed by atoms with van der Waals surface area (Å²) in [5.41, 5.74) is 2.58. The van der Waals surface area contributed by atoms with E-state index < -0.39 is 0 Å². The summed E-state index contributed by atoms with van der Waals surface area (Å²) < 4.78 is 9.23. The molecule has 1 N–H and O–H groups in total. The van der Waals surface area contributed by atoms with Gasteiger partial charge in [0.05, 0.1) is 29.4 Å². The number of rotatable bonds is 7. The average Bonchev–Trinajstić information content (AvgIpc) is 3.29. The van der Waals surface area contributed by atoms with Gasteiger partial charge in [-0.25, -0.2) is 9.67 Å². The molecule has 0 spiro atoms. The minimum atomic E-state index is -0.183. The molecular formula is C22H24N6O2S. The molecule has 1 aliphatic rings. The zero-order valence-electron chi connectivity index (χ0n) is 17.7. The summed E-state index contributed by atoms with van der Waals surface area (Å²) in [5.74, 6) is 1.24. The van der Waals surface area contributed by atoms with Crippen LogP contribution >= 0.6 is 11.3 Å². The smallest absolute Gasteiger partial charge is 0.290 e. The highest BCUT2D eigenvalue weighted by Crippen LogP contribution is 2.48. The van der Waals surface area contributed by atoms with Crippen molar-refractivity contribution >= 4 is 27.9 Å². The van der Waals surface area contributed by atoms with Crippen LogP contribution in [-0.4, -0.2) is 31.2 Å². The van der Waals surface area contributed by atoms with Crippen molar-refractivity contribution in [2.75, 3.05) is 11.9 Å². The Morgan fingerprint density at radius 2 is 2.06 bits per heavy atom. The Hall–Kier alpha value is -3.20. The minimum Gasteiger partial charge on any atom is -0.476 e. The Morgan fingerprint density at radius 1 is 1.23 bits per heavy atom. The summed E-state index contributed by atoms with van der Waals surface area (Å²) in [6.07, 6.45) is 2.87. The van der Waals surface area contributed by atoms with Gasteiger partial charge < -0.3 is 10.1 Å². The first-order valence-electron chi connectivity index (χ1n) is 10.3. The van der Waals surface area contributed by atoms with E-state index in [1.807, 2.05) is 30.9 Å². The monoisotopic (exact) mass is 436 g/mol. The van der Waals surface area contributed by atoms with Gasteiger partial charge in [0, 0.05) is 48.5 Å². The molecule has 2 unspecified atom stereocenters. The van der Waals surface area contributed by atoms with Gasteiger partial charge in [0.15, 0.2) is 0 Å². The van der Waals surface area contributed by atoms with Crippen molar-refractivity contribution in [2.24, 2.45) is 20.0 Å². The molecule has 1 aliphatic carbocycles. The van der Waals surface area contributed by atoms with Crippen molar-refractivity contribution in [3.63, 3.8) is 0 Å². The van der Waals surface area contributed by atoms with E-state index in [1.165, 1.54) is 10.1 Å². The lowest BCUT2D eigenvalue weighted by molar-refractivity contribution is 0.278. The van der Waals surface area contributed by atoms with E-state index in [1.54, 1.807) is 24.5 Å². The lowest BCUT2D eigenvalue weighted by atomic mass is 10.1. The molecule has 3 aromatic heterocycles. The Labute approximate surface area is 183 Å². The van der Waals surface area contributed by atoms with Gasteiger partial charge in [0.1, 0.15) is 5.69 Å². The van der Waals surface area contributed by atoms with Crippen molar-refractivity contribution in [3.8, 4) is 5.88 Å². The molecule has 0 radical (unpaired) electrons. The number of hydrogen-bond acceptors (Lipinski definition) is 7. The first-order chi connectivity index (χ1) is 15.0. The van der Waals surface area contributed by atoms with Gasteiger partial charge in [-0.05, 0) is 19.4 Å². The molecule has 1 fully saturated rings. The SMILES string of the molecule is Cc1ncc(CNc2cc(OCC3CC3c3nn(C)c4ccccc34)nn(C)c2=O)s1. The van der Waals surface area contributed by atoms with E-state index in [4.69, 9.17) is 9.84 Å². The fourth-order valence-electron chi connectivity index (χ4n) is 3.92. The van der Waals surface area contributed by atoms with Crippen molar-refractivity contribution in [3.05, 3.63) is 62.5 Å². The third-order valence-electron chi connectivity index (χ3n) is 5.67. The van der Waals surface area contributed by atoms with E-state index >= 15 is 0 Å². The quantitative estimate of drug-likeness (QED) is 0.479. The maximum atomic E-state index is 12.4. The van der Waals surface area contributed by atoms with Crippen molar-refractivity contribution in [2.45, 2.75) is 25.8 Å². The molecule has 1 aromatic carbocycles. The Kier molecular flexibility index (Phi) is 4.97. The molecule has 0 aliphatic heterocycles. The van der Waals surface area contributed by atoms with Gasteiger partial charge in [-0.2, -0.15) is 5.10 Å². The maximum absolute atomic E-state index is 12.4. The predicted molar refractivity (Wildman–Crippen MR) is 121 cm³/mol. The molecule has 4 aromatic rings. The predicted octanol–water partition coefficient (Wildman–Crippen LogP) is 3.23. The number of fused-ring (bicyclic) bond motifs is 1. The largest absolute Gasteiger partial charge is 0.476 e. The van der Waals surface area contributed by atoms with Crippen molar-refractivity contribution in [1.82, 2.24) is 24.5 Å². The molecule has 160 valence electrons. The van der Waals surface area contributed by atoms with Crippen LogP contribution in [0.3, 0.4) is 0 Å². The Balaban J connectivity index is 1.25. The van der Waals surface area contributed by atoms with E-state index in [0.29, 0.717) is 36.6 Å². The van der Waals surface area contributed by atoms with Crippen LogP contribution < -0.4 is 15.6 Å². The van der Waals surface area contributed by atoms with Crippen LogP contribution in [0.4, 0.5) is 5.69 Å². The fraction of sp³-hybridized carbons (Fsp3) is 0.364. The average molecular weight is 437 g/mol. The second kappa shape index (κ2) is 7.81. The minimum absolute atomic E-state index is 0.183. The highest BCUT2D eigenvalue weighted by Gasteiger charge is 2.42. The second-order valence-electron chi connectivity index (χ2n) is 7.96. The van der Waals surface area contributed by atoms with Crippen LogP contribution in [-0.2, 0) is 20.6 Å². The van der Waals surface area contributed by atoms with E-state index in [2.05, 4.69) is 33.6 Å². The van der Waals surface area contributed by atoms with E-state index in [-0.39, 0.29) is 5.56 Å². The number of anilines is 1. The summed E-state index contributed by atoms with van der Waals surface area (Å²) in [5, 5.41) is 14.4. The fourth-order valence-corrected chi connectivity index (χ4v) is 4.66. The molecule has 0 bridgehead atoms. The van der Waals surface area contributed by atoms with Crippen LogP contribution in [0.5, 0.6) is 5.88 Å². The first-order valence-corrected chi connectivity index (χ1v) is 11.1. The normalized spacial score (nSPS) is 17.8. The molecule has 0 amide bonds. The summed E-state index contributed by atoms with van der Waals surface area (Å²) in [6, 6.07) is 10.00. The Morgan fingerprint density at radius 3 is 2.87 bits per heavy atom. The third kappa shape index (κ3) is 3.93. The van der Waals surface area contributed by atoms with Crippen molar-refractivity contribution in [1.29, 1.82) is 0 Å². The highest BCUT2D eigenvalue weighted by atomic mass is 32.1. The summed E-state index contributed by atoms with van der Waals surface area (Å²) in [4.78, 5) is 17.7. The van der Waals surface area contributed by atoms with Crippen molar-refractivity contribution < 1.29 is 4.74 Å². The van der Waals surface area contributed by atoms with Crippen LogP contribution in [0.1, 0.15) is 27.9 Å². The Bertz CT molecular complexity index is 1310. The number of benzene rings is 1. The molecule has 0 saturated heterocycles. The van der Waals surface area contributed by atoms with Gasteiger partial charge in [-0.1, -0.05) is 18.2 Å². The molecule has 5 rings (SSSR count). The number of thiazole rings is 1. The van der Waals surface area contributed by atoms with Gasteiger partial charge in [-0.15, -0.1) is 16.4 Å². The van der Waals surface area contributed by atoms with Gasteiger partial charge in [0.25, 0.3) is 5.56 Å². The zero-order chi connectivity index (χ0) is 21.5. The zero-order valence-corrected chi connectivity index (χ0v) is 18.5. The van der Waals surface area contributed by atoms with Crippen LogP contribution in [0.25, 0.3) is 10.9 Å². The van der Waals surface area contributed by atoms with E-state index in [0.717, 1.165) is 27.5 Å². The van der Waals surface area contributed by atoms with E-state index in [9.17, 15) is 4.79 Å². The molecule has 2 atom stereocenters. The number of hydrogen-bond donors (Lipinski definition) is 1. The number of ether oxygens (including phenoxy) is 1. The number of aromatic nitrogens is 5. The molecular weight excluding hydrogens is 412 g/mol. The molecule has 31 heavy (non-hydrogen) atoms. The molecule has 3 heterocycles. The summed E-state index contributed by atoms with van der Waals surface area (Å²) >= 11 is 1.61. The topological polar surface area (TPSA) is 86.9 Å². The maximum Gasteiger partial charge on any atom is 0.290 e. The summed E-state index contributed by atoms with van der Waals surface area (Å²) in [6.45, 7) is 3.06. The number of nitrogens with one attached hydrogen (secondary N) is 1. The molecule has 1 saturated carbocycles. The van der Waals surface area contributed by atoms with Crippen LogP contribution in [0, 0.1) is 12.8 Å². The van der Waals surface area contributed by atoms with Gasteiger partial charge in [-0.3, -0.25) is 9.48 Å². The lowest BCUT2D eigenvalue weighted by Gasteiger charge is -2.10. The number of para-hydroxylation sites is 1. The summed E-state index contributed by atoms with van der Waals surface area (Å²) in [7, 11) is 3.62. The number of aryl methyl sites for hydroxylation is 3. The standard InChI is InChI=1S/C22H24N6O2S/c1-13-23-10-15(31-13)11-24-18-9-20(25-28(3)22(18)29)30-12-14-8-17(14)21-16-6-4-5-7-19(16)27(2)26-21/h4-7,9-10,14,17,24H,8,11-12H2,1-3H3. The third-order valence-corrected chi connectivity index (χ3v) is 6.58. The van der Waals surface area contributed by atoms with Crippen LogP contribution in [0.2, 0.25) is 0 Å². The van der Waals surface area contributed by atoms with Gasteiger partial charge >= 0.3 is 0 Å². The van der Waals surface area contributed by atoms with Gasteiger partial charge in [0.2, 0.25) is 5.88 Å². The lowest BCUT2D eigenvalue weighted by Crippen LogP contribution is -2.24. The molecule has 9 heteroatoms. The van der Waals surface area contributed by atoms with Crippen LogP contribution in [0.15, 0.2) is 41.3 Å². The highest BCUT2D eigenvalue weighted by molar-refractivity contribution is 7.11. The first kappa shape index (κ1) is 19.7.